The Morgan fingerprint density at radius 2 is 1.52 bits per heavy atom. The lowest BCUT2D eigenvalue weighted by Gasteiger charge is -2.26. The van der Waals surface area contributed by atoms with Crippen molar-refractivity contribution in [2.45, 2.75) is 22.8 Å². The van der Waals surface area contributed by atoms with Crippen molar-refractivity contribution in [3.05, 3.63) is 89.4 Å². The zero-order valence-electron chi connectivity index (χ0n) is 16.5. The highest BCUT2D eigenvalue weighted by molar-refractivity contribution is 7.89. The van der Waals surface area contributed by atoms with Crippen LogP contribution in [0, 0.1) is 5.92 Å². The molecule has 1 aliphatic carbocycles. The van der Waals surface area contributed by atoms with E-state index in [4.69, 9.17) is 11.6 Å². The van der Waals surface area contributed by atoms with Gasteiger partial charge in [0.1, 0.15) is 5.54 Å². The average molecular weight is 454 g/mol. The molecule has 5 rings (SSSR count). The molecule has 3 unspecified atom stereocenters. The van der Waals surface area contributed by atoms with Crippen LogP contribution in [-0.2, 0) is 14.8 Å². The van der Waals surface area contributed by atoms with Gasteiger partial charge in [0.25, 0.3) is 0 Å². The van der Waals surface area contributed by atoms with Crippen molar-refractivity contribution in [2.75, 3.05) is 6.54 Å². The van der Waals surface area contributed by atoms with Crippen LogP contribution in [0.5, 0.6) is 0 Å². The largest absolute Gasteiger partial charge is 0.480 e. The van der Waals surface area contributed by atoms with Gasteiger partial charge >= 0.3 is 5.97 Å². The van der Waals surface area contributed by atoms with Gasteiger partial charge in [-0.25, -0.2) is 8.42 Å². The smallest absolute Gasteiger partial charge is 0.326 e. The Kier molecular flexibility index (Phi) is 4.70. The third kappa shape index (κ3) is 3.01. The second kappa shape index (κ2) is 7.19. The number of sulfonamides is 1. The number of aliphatic carboxylic acids is 1. The van der Waals surface area contributed by atoms with E-state index in [1.54, 1.807) is 36.4 Å². The van der Waals surface area contributed by atoms with E-state index >= 15 is 0 Å². The molecule has 0 aromatic heterocycles. The molecule has 1 saturated heterocycles. The number of carbonyl (C=O) groups is 1. The van der Waals surface area contributed by atoms with Gasteiger partial charge in [-0.1, -0.05) is 66.2 Å². The van der Waals surface area contributed by atoms with Crippen LogP contribution in [-0.4, -0.2) is 35.9 Å². The molecule has 0 amide bonds. The molecule has 158 valence electrons. The Morgan fingerprint density at radius 3 is 2.10 bits per heavy atom. The molecule has 1 aliphatic heterocycles. The zero-order valence-corrected chi connectivity index (χ0v) is 18.1. The van der Waals surface area contributed by atoms with Gasteiger partial charge < -0.3 is 5.11 Å². The third-order valence-electron chi connectivity index (χ3n) is 6.51. The first-order valence-corrected chi connectivity index (χ1v) is 11.9. The van der Waals surface area contributed by atoms with Crippen molar-refractivity contribution in [3.63, 3.8) is 0 Å². The van der Waals surface area contributed by atoms with E-state index in [-0.39, 0.29) is 23.3 Å². The lowest BCUT2D eigenvalue weighted by molar-refractivity contribution is -0.143. The SMILES string of the molecule is O=C(O)C12C(CCN1S(=O)(=O)c1ccc(-c3ccc(Cl)cc3)cc1)C2c1ccccc1. The molecule has 0 bridgehead atoms. The highest BCUT2D eigenvalue weighted by atomic mass is 35.5. The maximum Gasteiger partial charge on any atom is 0.326 e. The van der Waals surface area contributed by atoms with Gasteiger partial charge in [0.05, 0.1) is 4.90 Å². The van der Waals surface area contributed by atoms with Crippen LogP contribution in [0.15, 0.2) is 83.8 Å². The van der Waals surface area contributed by atoms with Crippen LogP contribution in [0.25, 0.3) is 11.1 Å². The molecule has 31 heavy (non-hydrogen) atoms. The summed E-state index contributed by atoms with van der Waals surface area (Å²) in [4.78, 5) is 12.5. The van der Waals surface area contributed by atoms with E-state index in [0.717, 1.165) is 16.7 Å². The highest BCUT2D eigenvalue weighted by Crippen LogP contribution is 2.67. The van der Waals surface area contributed by atoms with Gasteiger partial charge in [0, 0.05) is 23.4 Å². The van der Waals surface area contributed by atoms with Crippen LogP contribution in [0.3, 0.4) is 0 Å². The topological polar surface area (TPSA) is 74.7 Å². The van der Waals surface area contributed by atoms with E-state index in [1.807, 2.05) is 42.5 Å². The first kappa shape index (κ1) is 20.2. The molecule has 7 heteroatoms. The first-order chi connectivity index (χ1) is 14.9. The molecule has 5 nitrogen and oxygen atoms in total. The number of hydrogen-bond acceptors (Lipinski definition) is 3. The van der Waals surface area contributed by atoms with Crippen LogP contribution < -0.4 is 0 Å². The summed E-state index contributed by atoms with van der Waals surface area (Å²) < 4.78 is 28.2. The molecule has 3 atom stereocenters. The first-order valence-electron chi connectivity index (χ1n) is 10.0. The number of nitrogens with zero attached hydrogens (tertiary/aromatic N) is 1. The fourth-order valence-corrected chi connectivity index (χ4v) is 7.00. The second-order valence-corrected chi connectivity index (χ2v) is 10.3. The predicted molar refractivity (Wildman–Crippen MR) is 118 cm³/mol. The van der Waals surface area contributed by atoms with Gasteiger partial charge in [-0.15, -0.1) is 0 Å². The van der Waals surface area contributed by atoms with Gasteiger partial charge in [-0.05, 0) is 47.4 Å². The Bertz CT molecular complexity index is 1240. The summed E-state index contributed by atoms with van der Waals surface area (Å²) in [7, 11) is -3.96. The number of benzene rings is 3. The minimum atomic E-state index is -3.96. The highest BCUT2D eigenvalue weighted by Gasteiger charge is 2.78. The fraction of sp³-hybridized carbons (Fsp3) is 0.208. The number of fused-ring (bicyclic) bond motifs is 1. The van der Waals surface area contributed by atoms with Crippen molar-refractivity contribution in [2.24, 2.45) is 5.92 Å². The number of halogens is 1. The molecule has 3 aromatic rings. The monoisotopic (exact) mass is 453 g/mol. The number of carboxylic acids is 1. The molecule has 0 spiro atoms. The summed E-state index contributed by atoms with van der Waals surface area (Å²) in [6.07, 6.45) is 0.536. The van der Waals surface area contributed by atoms with Crippen molar-refractivity contribution in [1.29, 1.82) is 0 Å². The van der Waals surface area contributed by atoms with Crippen molar-refractivity contribution in [1.82, 2.24) is 4.31 Å². The normalized spacial score (nSPS) is 25.2. The summed E-state index contributed by atoms with van der Waals surface area (Å²) in [5, 5.41) is 10.8. The molecule has 2 aliphatic rings. The van der Waals surface area contributed by atoms with Crippen LogP contribution in [0.1, 0.15) is 17.9 Å². The quantitative estimate of drug-likeness (QED) is 0.610. The van der Waals surface area contributed by atoms with E-state index in [0.29, 0.717) is 11.4 Å². The van der Waals surface area contributed by atoms with Gasteiger partial charge in [-0.2, -0.15) is 4.31 Å². The molecular formula is C24H20ClNO4S. The number of carboxylic acid groups (broad SMARTS) is 1. The summed E-state index contributed by atoms with van der Waals surface area (Å²) in [6, 6.07) is 23.2. The lowest BCUT2D eigenvalue weighted by atomic mass is 10.1. The van der Waals surface area contributed by atoms with Crippen molar-refractivity contribution < 1.29 is 18.3 Å². The van der Waals surface area contributed by atoms with Crippen LogP contribution in [0.2, 0.25) is 5.02 Å². The Balaban J connectivity index is 1.49. The maximum absolute atomic E-state index is 13.5. The van der Waals surface area contributed by atoms with Gasteiger partial charge in [0.2, 0.25) is 10.0 Å². The van der Waals surface area contributed by atoms with E-state index < -0.39 is 21.5 Å². The minimum Gasteiger partial charge on any atom is -0.480 e. The molecular weight excluding hydrogens is 434 g/mol. The second-order valence-electron chi connectivity index (χ2n) is 8.02. The Morgan fingerprint density at radius 1 is 0.935 bits per heavy atom. The molecule has 1 saturated carbocycles. The van der Waals surface area contributed by atoms with Gasteiger partial charge in [0.15, 0.2) is 0 Å². The Labute approximate surface area is 186 Å². The molecule has 1 heterocycles. The van der Waals surface area contributed by atoms with E-state index in [9.17, 15) is 18.3 Å². The van der Waals surface area contributed by atoms with E-state index in [2.05, 4.69) is 0 Å². The molecule has 2 fully saturated rings. The minimum absolute atomic E-state index is 0.102. The number of piperidine rings is 1. The lowest BCUT2D eigenvalue weighted by Crippen LogP contribution is -2.46. The summed E-state index contributed by atoms with van der Waals surface area (Å²) in [5.74, 6) is -1.62. The van der Waals surface area contributed by atoms with Crippen LogP contribution >= 0.6 is 11.6 Å². The van der Waals surface area contributed by atoms with Crippen molar-refractivity contribution in [3.8, 4) is 11.1 Å². The number of rotatable bonds is 5. The predicted octanol–water partition coefficient (Wildman–Crippen LogP) is 4.64. The molecule has 1 N–H and O–H groups in total. The summed E-state index contributed by atoms with van der Waals surface area (Å²) in [5.41, 5.74) is 1.24. The standard InChI is InChI=1S/C24H20ClNO4S/c25-19-10-6-16(7-11-19)17-8-12-20(13-9-17)31(29,30)26-15-14-21-22(24(21,26)23(27)28)18-4-2-1-3-5-18/h1-13,21-22H,14-15H2,(H,27,28). The Hall–Kier alpha value is -2.67. The zero-order chi connectivity index (χ0) is 21.8. The summed E-state index contributed by atoms with van der Waals surface area (Å²) >= 11 is 5.94. The third-order valence-corrected chi connectivity index (χ3v) is 8.69. The maximum atomic E-state index is 13.5. The van der Waals surface area contributed by atoms with E-state index in [1.165, 1.54) is 4.31 Å². The summed E-state index contributed by atoms with van der Waals surface area (Å²) in [6.45, 7) is 0.210. The van der Waals surface area contributed by atoms with Crippen molar-refractivity contribution >= 4 is 27.6 Å². The molecule has 0 radical (unpaired) electrons. The molecule has 3 aromatic carbocycles. The van der Waals surface area contributed by atoms with Crippen LogP contribution in [0.4, 0.5) is 0 Å². The number of hydrogen-bond donors (Lipinski definition) is 1. The average Bonchev–Trinajstić information content (AvgIpc) is 3.28. The fourth-order valence-electron chi connectivity index (χ4n) is 5.07. The van der Waals surface area contributed by atoms with Gasteiger partial charge in [-0.3, -0.25) is 4.79 Å².